The fourth-order valence-corrected chi connectivity index (χ4v) is 6.44. The Morgan fingerprint density at radius 3 is 1.33 bits per heavy atom. The largest absolute Gasteiger partial charge is 0.134 e. The molecule has 0 nitrogen and oxygen atoms in total. The second kappa shape index (κ2) is 10.1. The molecule has 36 heavy (non-hydrogen) atoms. The molecule has 2 heteroatoms. The monoisotopic (exact) mass is 542 g/mol. The van der Waals surface area contributed by atoms with Crippen molar-refractivity contribution in [1.29, 1.82) is 0 Å². The predicted molar refractivity (Wildman–Crippen MR) is 159 cm³/mol. The molecule has 5 aromatic carbocycles. The minimum absolute atomic E-state index is 1.09. The van der Waals surface area contributed by atoms with Crippen molar-refractivity contribution in [2.24, 2.45) is 0 Å². The molecule has 0 unspecified atom stereocenters. The van der Waals surface area contributed by atoms with E-state index in [4.69, 9.17) is 0 Å². The normalized spacial score (nSPS) is 10.9. The molecule has 0 bridgehead atoms. The number of hydrogen-bond donors (Lipinski definition) is 0. The summed E-state index contributed by atoms with van der Waals surface area (Å²) in [5.74, 6) is 0. The van der Waals surface area contributed by atoms with Gasteiger partial charge in [0.2, 0.25) is 0 Å². The van der Waals surface area contributed by atoms with Crippen LogP contribution in [0.2, 0.25) is 0 Å². The first-order valence-corrected chi connectivity index (χ1v) is 13.6. The molecule has 0 radical (unpaired) electrons. The van der Waals surface area contributed by atoms with Crippen LogP contribution in [-0.2, 0) is 0 Å². The molecule has 0 saturated carbocycles. The van der Waals surface area contributed by atoms with Crippen LogP contribution in [0.4, 0.5) is 0 Å². The van der Waals surface area contributed by atoms with Gasteiger partial charge in [-0.3, -0.25) is 0 Å². The molecule has 0 atom stereocenters. The van der Waals surface area contributed by atoms with Crippen molar-refractivity contribution in [1.82, 2.24) is 0 Å². The van der Waals surface area contributed by atoms with E-state index in [2.05, 4.69) is 155 Å². The Morgan fingerprint density at radius 1 is 0.361 bits per heavy atom. The second-order valence-electron chi connectivity index (χ2n) is 8.70. The third-order valence-electron chi connectivity index (χ3n) is 6.35. The average molecular weight is 544 g/mol. The van der Waals surface area contributed by atoms with Gasteiger partial charge in [0.25, 0.3) is 0 Å². The van der Waals surface area contributed by atoms with Crippen LogP contribution in [0.3, 0.4) is 0 Å². The number of hydrogen-bond acceptors (Lipinski definition) is 1. The SMILES string of the molecule is Brc1cccc(-c2cccc(-c3sc(-c4ccccc4)c(-c4ccccc4)c3-c3ccccc3)c2)c1. The Morgan fingerprint density at radius 2 is 0.778 bits per heavy atom. The number of halogens is 1. The smallest absolute Gasteiger partial charge is 0.0434 e. The maximum absolute atomic E-state index is 3.63. The van der Waals surface area contributed by atoms with Gasteiger partial charge in [-0.15, -0.1) is 11.3 Å². The third kappa shape index (κ3) is 4.46. The summed E-state index contributed by atoms with van der Waals surface area (Å²) < 4.78 is 1.09. The maximum Gasteiger partial charge on any atom is 0.0434 e. The van der Waals surface area contributed by atoms with Gasteiger partial charge in [0, 0.05) is 25.4 Å². The van der Waals surface area contributed by atoms with E-state index in [9.17, 15) is 0 Å². The van der Waals surface area contributed by atoms with E-state index >= 15 is 0 Å². The lowest BCUT2D eigenvalue weighted by atomic mass is 9.91. The lowest BCUT2D eigenvalue weighted by Crippen LogP contribution is -1.86. The molecule has 1 heterocycles. The molecule has 1 aromatic heterocycles. The first-order chi connectivity index (χ1) is 17.8. The Bertz CT molecular complexity index is 1620. The number of thiophene rings is 1. The van der Waals surface area contributed by atoms with Gasteiger partial charge in [-0.1, -0.05) is 137 Å². The Balaban J connectivity index is 1.65. The van der Waals surface area contributed by atoms with Crippen LogP contribution in [0.1, 0.15) is 0 Å². The van der Waals surface area contributed by atoms with Crippen LogP contribution < -0.4 is 0 Å². The zero-order valence-corrected chi connectivity index (χ0v) is 22.0. The predicted octanol–water partition coefficient (Wildman–Crippen LogP) is 10.8. The maximum atomic E-state index is 3.63. The highest BCUT2D eigenvalue weighted by Gasteiger charge is 2.23. The molecular weight excluding hydrogens is 520 g/mol. The van der Waals surface area contributed by atoms with Gasteiger partial charge in [0.15, 0.2) is 0 Å². The van der Waals surface area contributed by atoms with Crippen LogP contribution in [0.15, 0.2) is 144 Å². The lowest BCUT2D eigenvalue weighted by molar-refractivity contribution is 1.58. The first-order valence-electron chi connectivity index (χ1n) is 12.0. The summed E-state index contributed by atoms with van der Waals surface area (Å²) in [6.07, 6.45) is 0. The molecule has 0 aliphatic carbocycles. The van der Waals surface area contributed by atoms with Crippen molar-refractivity contribution < 1.29 is 0 Å². The molecule has 0 fully saturated rings. The van der Waals surface area contributed by atoms with Crippen molar-refractivity contribution >= 4 is 27.3 Å². The minimum atomic E-state index is 1.09. The summed E-state index contributed by atoms with van der Waals surface area (Å²) in [4.78, 5) is 2.58. The van der Waals surface area contributed by atoms with Crippen LogP contribution in [0.25, 0.3) is 54.3 Å². The summed E-state index contributed by atoms with van der Waals surface area (Å²) in [7, 11) is 0. The summed E-state index contributed by atoms with van der Waals surface area (Å²) in [5.41, 5.74) is 9.94. The van der Waals surface area contributed by atoms with E-state index in [1.807, 2.05) is 11.3 Å². The Labute approximate surface area is 224 Å². The molecule has 0 spiro atoms. The molecule has 6 aromatic rings. The summed E-state index contributed by atoms with van der Waals surface area (Å²) in [6, 6.07) is 49.8. The van der Waals surface area contributed by atoms with E-state index in [-0.39, 0.29) is 0 Å². The van der Waals surface area contributed by atoms with Gasteiger partial charge in [0.05, 0.1) is 0 Å². The van der Waals surface area contributed by atoms with Crippen LogP contribution in [0, 0.1) is 0 Å². The van der Waals surface area contributed by atoms with Gasteiger partial charge in [-0.05, 0) is 51.6 Å². The molecular formula is C34H23BrS. The fourth-order valence-electron chi connectivity index (χ4n) is 4.70. The van der Waals surface area contributed by atoms with Gasteiger partial charge in [-0.25, -0.2) is 0 Å². The molecule has 0 amide bonds. The zero-order valence-electron chi connectivity index (χ0n) is 19.6. The molecule has 172 valence electrons. The Hall–Kier alpha value is -3.72. The van der Waals surface area contributed by atoms with Gasteiger partial charge >= 0.3 is 0 Å². The quantitative estimate of drug-likeness (QED) is 0.203. The zero-order chi connectivity index (χ0) is 24.3. The van der Waals surface area contributed by atoms with E-state index < -0.39 is 0 Å². The van der Waals surface area contributed by atoms with E-state index in [1.165, 1.54) is 54.3 Å². The number of rotatable bonds is 5. The third-order valence-corrected chi connectivity index (χ3v) is 8.13. The van der Waals surface area contributed by atoms with Crippen LogP contribution in [0.5, 0.6) is 0 Å². The molecule has 6 rings (SSSR count). The lowest BCUT2D eigenvalue weighted by Gasteiger charge is -2.11. The van der Waals surface area contributed by atoms with Crippen molar-refractivity contribution in [2.75, 3.05) is 0 Å². The van der Waals surface area contributed by atoms with E-state index in [0.717, 1.165) is 4.47 Å². The number of benzene rings is 5. The minimum Gasteiger partial charge on any atom is -0.134 e. The standard InChI is InChI=1S/C34H23BrS/c35-30-21-11-19-28(23-30)27-18-10-20-29(22-27)34-32(25-14-6-2-7-15-25)31(24-12-4-1-5-13-24)33(36-34)26-16-8-3-9-17-26/h1-23H. The average Bonchev–Trinajstić information content (AvgIpc) is 3.35. The summed E-state index contributed by atoms with van der Waals surface area (Å²) in [6.45, 7) is 0. The summed E-state index contributed by atoms with van der Waals surface area (Å²) >= 11 is 5.51. The second-order valence-corrected chi connectivity index (χ2v) is 10.6. The van der Waals surface area contributed by atoms with Gasteiger partial charge < -0.3 is 0 Å². The van der Waals surface area contributed by atoms with Crippen LogP contribution in [-0.4, -0.2) is 0 Å². The van der Waals surface area contributed by atoms with Crippen molar-refractivity contribution in [3.63, 3.8) is 0 Å². The fraction of sp³-hybridized carbons (Fsp3) is 0. The Kier molecular flexibility index (Phi) is 6.38. The van der Waals surface area contributed by atoms with Crippen molar-refractivity contribution in [2.45, 2.75) is 0 Å². The molecule has 0 aliphatic heterocycles. The highest BCUT2D eigenvalue weighted by Crippen LogP contribution is 2.52. The highest BCUT2D eigenvalue weighted by atomic mass is 79.9. The molecule has 0 aliphatic rings. The van der Waals surface area contributed by atoms with E-state index in [1.54, 1.807) is 0 Å². The van der Waals surface area contributed by atoms with E-state index in [0.29, 0.717) is 0 Å². The van der Waals surface area contributed by atoms with Gasteiger partial charge in [0.1, 0.15) is 0 Å². The van der Waals surface area contributed by atoms with Crippen molar-refractivity contribution in [3.8, 4) is 54.3 Å². The van der Waals surface area contributed by atoms with Crippen LogP contribution >= 0.6 is 27.3 Å². The summed E-state index contributed by atoms with van der Waals surface area (Å²) in [5, 5.41) is 0. The van der Waals surface area contributed by atoms with Crippen molar-refractivity contribution in [3.05, 3.63) is 144 Å². The highest BCUT2D eigenvalue weighted by molar-refractivity contribution is 9.10. The first kappa shape index (κ1) is 22.7. The van der Waals surface area contributed by atoms with Gasteiger partial charge in [-0.2, -0.15) is 0 Å². The molecule has 0 N–H and O–H groups in total. The molecule has 0 saturated heterocycles. The topological polar surface area (TPSA) is 0 Å².